The third kappa shape index (κ3) is 3.31. The van der Waals surface area contributed by atoms with Gasteiger partial charge in [0, 0.05) is 30.4 Å². The minimum absolute atomic E-state index is 0.585. The summed E-state index contributed by atoms with van der Waals surface area (Å²) in [7, 11) is 0. The Kier molecular flexibility index (Phi) is 4.31. The van der Waals surface area contributed by atoms with Gasteiger partial charge in [-0.05, 0) is 48.9 Å². The summed E-state index contributed by atoms with van der Waals surface area (Å²) in [5.41, 5.74) is 10.2. The zero-order valence-corrected chi connectivity index (χ0v) is 15.1. The molecule has 7 nitrogen and oxygen atoms in total. The Hall–Kier alpha value is -2.77. The van der Waals surface area contributed by atoms with Crippen molar-refractivity contribution >= 4 is 16.9 Å². The van der Waals surface area contributed by atoms with E-state index in [0.717, 1.165) is 60.6 Å². The van der Waals surface area contributed by atoms with E-state index in [2.05, 4.69) is 33.1 Å². The van der Waals surface area contributed by atoms with E-state index in [4.69, 9.17) is 9.72 Å². The minimum atomic E-state index is 0.585. The number of nitrogens with zero attached hydrogens (tertiary/aromatic N) is 4. The monoisotopic (exact) mass is 362 g/mol. The molecule has 1 aromatic carbocycles. The normalized spacial score (nSPS) is 17.9. The lowest BCUT2D eigenvalue weighted by atomic mass is 9.93. The molecule has 0 unspecified atom stereocenters. The number of ether oxygens (including phenoxy) is 1. The first-order valence-electron chi connectivity index (χ1n) is 9.41. The Labute approximate surface area is 157 Å². The summed E-state index contributed by atoms with van der Waals surface area (Å²) in [4.78, 5) is 9.12. The van der Waals surface area contributed by atoms with Crippen molar-refractivity contribution in [1.82, 2.24) is 25.6 Å². The van der Waals surface area contributed by atoms with Crippen LogP contribution >= 0.6 is 0 Å². The van der Waals surface area contributed by atoms with Crippen molar-refractivity contribution < 1.29 is 4.74 Å². The molecule has 2 aliphatic heterocycles. The molecule has 1 fully saturated rings. The maximum atomic E-state index is 5.46. The van der Waals surface area contributed by atoms with Gasteiger partial charge in [0.25, 0.3) is 0 Å². The zero-order valence-electron chi connectivity index (χ0n) is 15.1. The largest absolute Gasteiger partial charge is 0.381 e. The van der Waals surface area contributed by atoms with Crippen LogP contribution in [-0.4, -0.2) is 40.5 Å². The van der Waals surface area contributed by atoms with Gasteiger partial charge in [-0.2, -0.15) is 5.10 Å². The summed E-state index contributed by atoms with van der Waals surface area (Å²) in [6, 6.07) is 10.4. The van der Waals surface area contributed by atoms with Crippen LogP contribution in [0.5, 0.6) is 0 Å². The molecule has 1 saturated heterocycles. The lowest BCUT2D eigenvalue weighted by molar-refractivity contribution is 0.0665. The molecular weight excluding hydrogens is 340 g/mol. The number of aliphatic imine (C=N–C) groups is 1. The summed E-state index contributed by atoms with van der Waals surface area (Å²) in [5.74, 6) is 1.54. The van der Waals surface area contributed by atoms with E-state index in [-0.39, 0.29) is 0 Å². The molecule has 27 heavy (non-hydrogen) atoms. The molecule has 0 radical (unpaired) electrons. The van der Waals surface area contributed by atoms with E-state index >= 15 is 0 Å². The van der Waals surface area contributed by atoms with Crippen LogP contribution in [0.3, 0.4) is 0 Å². The van der Waals surface area contributed by atoms with Crippen LogP contribution in [0.4, 0.5) is 0 Å². The first-order chi connectivity index (χ1) is 13.4. The molecule has 5 rings (SSSR count). The Morgan fingerprint density at radius 2 is 2.07 bits per heavy atom. The number of amidine groups is 1. The molecule has 0 bridgehead atoms. The van der Waals surface area contributed by atoms with E-state index in [1.165, 1.54) is 5.56 Å². The first kappa shape index (κ1) is 16.4. The van der Waals surface area contributed by atoms with Gasteiger partial charge in [-0.3, -0.25) is 0 Å². The topological polar surface area (TPSA) is 76.4 Å². The zero-order chi connectivity index (χ0) is 18.1. The third-order valence-electron chi connectivity index (χ3n) is 5.22. The number of benzene rings is 1. The molecule has 4 heterocycles. The molecule has 0 aliphatic carbocycles. The standard InChI is InChI=1S/C20H22N6O/c1-2-16(19-22-13-23-25-19)10-18(3-1)26-20-17(12-24-26)9-15(11-21-20)8-14-4-6-27-7-5-14/h1-3,9-12,14,23H,4-8,13H2,(H,22,25). The quantitative estimate of drug-likeness (QED) is 0.744. The number of rotatable bonds is 4. The fourth-order valence-corrected chi connectivity index (χ4v) is 3.78. The minimum Gasteiger partial charge on any atom is -0.381 e. The van der Waals surface area contributed by atoms with E-state index in [1.54, 1.807) is 0 Å². The molecule has 138 valence electrons. The van der Waals surface area contributed by atoms with Crippen LogP contribution < -0.4 is 10.9 Å². The van der Waals surface area contributed by atoms with Crippen molar-refractivity contribution in [2.45, 2.75) is 19.3 Å². The highest BCUT2D eigenvalue weighted by molar-refractivity contribution is 5.99. The van der Waals surface area contributed by atoms with Crippen LogP contribution in [0.25, 0.3) is 16.7 Å². The van der Waals surface area contributed by atoms with Gasteiger partial charge in [-0.15, -0.1) is 0 Å². The SMILES string of the molecule is c1cc(C2=NCNN2)cc(-n2ncc3cc(CC4CCOCC4)cnc32)c1. The van der Waals surface area contributed by atoms with Gasteiger partial charge in [-0.25, -0.2) is 20.1 Å². The number of fused-ring (bicyclic) bond motifs is 1. The molecule has 0 atom stereocenters. The Balaban J connectivity index is 1.43. The number of hydrogen-bond donors (Lipinski definition) is 2. The second-order valence-electron chi connectivity index (χ2n) is 7.09. The second kappa shape index (κ2) is 7.09. The summed E-state index contributed by atoms with van der Waals surface area (Å²) in [6.07, 6.45) is 7.22. The van der Waals surface area contributed by atoms with Crippen LogP contribution in [0.1, 0.15) is 24.0 Å². The fraction of sp³-hybridized carbons (Fsp3) is 0.350. The van der Waals surface area contributed by atoms with Crippen LogP contribution in [0, 0.1) is 5.92 Å². The Morgan fingerprint density at radius 1 is 1.15 bits per heavy atom. The number of nitrogens with one attached hydrogen (secondary N) is 2. The molecule has 2 N–H and O–H groups in total. The summed E-state index contributed by atoms with van der Waals surface area (Å²) in [5, 5.41) is 5.65. The molecule has 2 aromatic heterocycles. The van der Waals surface area contributed by atoms with Gasteiger partial charge < -0.3 is 10.2 Å². The van der Waals surface area contributed by atoms with Crippen LogP contribution in [-0.2, 0) is 11.2 Å². The van der Waals surface area contributed by atoms with Crippen molar-refractivity contribution in [3.63, 3.8) is 0 Å². The summed E-state index contributed by atoms with van der Waals surface area (Å²) >= 11 is 0. The molecule has 2 aliphatic rings. The van der Waals surface area contributed by atoms with Gasteiger partial charge in [0.05, 0.1) is 11.9 Å². The highest BCUT2D eigenvalue weighted by atomic mass is 16.5. The number of pyridine rings is 1. The fourth-order valence-electron chi connectivity index (χ4n) is 3.78. The van der Waals surface area contributed by atoms with Crippen molar-refractivity contribution in [1.29, 1.82) is 0 Å². The number of aromatic nitrogens is 3. The molecule has 3 aromatic rings. The highest BCUT2D eigenvalue weighted by Crippen LogP contribution is 2.23. The summed E-state index contributed by atoms with van der Waals surface area (Å²) < 4.78 is 7.35. The second-order valence-corrected chi connectivity index (χ2v) is 7.09. The average Bonchev–Trinajstić information content (AvgIpc) is 3.39. The predicted molar refractivity (Wildman–Crippen MR) is 104 cm³/mol. The van der Waals surface area contributed by atoms with Gasteiger partial charge >= 0.3 is 0 Å². The Morgan fingerprint density at radius 3 is 2.93 bits per heavy atom. The summed E-state index contributed by atoms with van der Waals surface area (Å²) in [6.45, 7) is 2.34. The van der Waals surface area contributed by atoms with Crippen LogP contribution in [0.15, 0.2) is 47.7 Å². The highest BCUT2D eigenvalue weighted by Gasteiger charge is 2.16. The van der Waals surface area contributed by atoms with Crippen LogP contribution in [0.2, 0.25) is 0 Å². The molecule has 0 saturated carbocycles. The van der Waals surface area contributed by atoms with E-state index in [9.17, 15) is 0 Å². The van der Waals surface area contributed by atoms with E-state index in [1.807, 2.05) is 35.3 Å². The molecule has 0 spiro atoms. The smallest absolute Gasteiger partial charge is 0.162 e. The van der Waals surface area contributed by atoms with Crippen molar-refractivity contribution in [3.05, 3.63) is 53.9 Å². The van der Waals surface area contributed by atoms with Gasteiger partial charge in [0.1, 0.15) is 12.5 Å². The molecule has 7 heteroatoms. The first-order valence-corrected chi connectivity index (χ1v) is 9.41. The maximum absolute atomic E-state index is 5.46. The number of hydrazine groups is 1. The lowest BCUT2D eigenvalue weighted by Gasteiger charge is -2.21. The van der Waals surface area contributed by atoms with Gasteiger partial charge in [-0.1, -0.05) is 12.1 Å². The van der Waals surface area contributed by atoms with Crippen molar-refractivity contribution in [2.24, 2.45) is 10.9 Å². The maximum Gasteiger partial charge on any atom is 0.162 e. The van der Waals surface area contributed by atoms with E-state index in [0.29, 0.717) is 12.6 Å². The Bertz CT molecular complexity index is 989. The van der Waals surface area contributed by atoms with Gasteiger partial charge in [0.2, 0.25) is 0 Å². The lowest BCUT2D eigenvalue weighted by Crippen LogP contribution is -2.30. The van der Waals surface area contributed by atoms with Crippen molar-refractivity contribution in [3.8, 4) is 5.69 Å². The van der Waals surface area contributed by atoms with Crippen molar-refractivity contribution in [2.75, 3.05) is 19.9 Å². The average molecular weight is 362 g/mol. The number of hydrogen-bond acceptors (Lipinski definition) is 6. The molecular formula is C20H22N6O. The van der Waals surface area contributed by atoms with E-state index < -0.39 is 0 Å². The van der Waals surface area contributed by atoms with Gasteiger partial charge in [0.15, 0.2) is 5.65 Å². The third-order valence-corrected chi connectivity index (χ3v) is 5.22. The molecule has 0 amide bonds. The predicted octanol–water partition coefficient (Wildman–Crippen LogP) is 2.20.